The minimum atomic E-state index is 0.941. The lowest BCUT2D eigenvalue weighted by atomic mass is 10.1. The SMILES string of the molecule is Cc1ccc(S)c2ncccc12. The number of fused-ring (bicyclic) bond motifs is 1. The van der Waals surface area contributed by atoms with Gasteiger partial charge in [-0.15, -0.1) is 12.6 Å². The Kier molecular flexibility index (Phi) is 1.77. The number of aromatic nitrogens is 1. The second-order valence-corrected chi connectivity index (χ2v) is 3.28. The van der Waals surface area contributed by atoms with E-state index in [2.05, 4.69) is 36.7 Å². The highest BCUT2D eigenvalue weighted by atomic mass is 32.1. The summed E-state index contributed by atoms with van der Waals surface area (Å²) in [5.74, 6) is 0. The van der Waals surface area contributed by atoms with Crippen LogP contribution >= 0.6 is 12.6 Å². The largest absolute Gasteiger partial charge is 0.255 e. The lowest BCUT2D eigenvalue weighted by Crippen LogP contribution is -1.82. The number of hydrogen-bond donors (Lipinski definition) is 1. The molecule has 0 aliphatic heterocycles. The zero-order chi connectivity index (χ0) is 8.55. The molecule has 0 bridgehead atoms. The number of pyridine rings is 1. The number of nitrogens with zero attached hydrogens (tertiary/aromatic N) is 1. The normalized spacial score (nSPS) is 10.5. The summed E-state index contributed by atoms with van der Waals surface area (Å²) >= 11 is 4.34. The van der Waals surface area contributed by atoms with E-state index < -0.39 is 0 Å². The Morgan fingerprint density at radius 1 is 1.25 bits per heavy atom. The Morgan fingerprint density at radius 3 is 2.83 bits per heavy atom. The zero-order valence-electron chi connectivity index (χ0n) is 6.78. The Hall–Kier alpha value is -1.02. The van der Waals surface area contributed by atoms with E-state index in [0.717, 1.165) is 10.4 Å². The van der Waals surface area contributed by atoms with Crippen molar-refractivity contribution in [3.63, 3.8) is 0 Å². The van der Waals surface area contributed by atoms with Crippen molar-refractivity contribution in [2.24, 2.45) is 0 Å². The van der Waals surface area contributed by atoms with Gasteiger partial charge in [0.1, 0.15) is 0 Å². The van der Waals surface area contributed by atoms with Crippen LogP contribution in [0.4, 0.5) is 0 Å². The molecule has 0 radical (unpaired) electrons. The van der Waals surface area contributed by atoms with Gasteiger partial charge < -0.3 is 0 Å². The Bertz CT molecular complexity index is 383. The molecule has 1 nitrogen and oxygen atoms in total. The highest BCUT2D eigenvalue weighted by molar-refractivity contribution is 7.80. The monoisotopic (exact) mass is 175 g/mol. The van der Waals surface area contributed by atoms with Crippen LogP contribution in [0.25, 0.3) is 10.9 Å². The van der Waals surface area contributed by atoms with Gasteiger partial charge in [0.25, 0.3) is 0 Å². The van der Waals surface area contributed by atoms with Crippen molar-refractivity contribution in [3.05, 3.63) is 36.0 Å². The van der Waals surface area contributed by atoms with Crippen LogP contribution in [0.5, 0.6) is 0 Å². The Morgan fingerprint density at radius 2 is 2.08 bits per heavy atom. The van der Waals surface area contributed by atoms with Gasteiger partial charge in [0, 0.05) is 16.5 Å². The van der Waals surface area contributed by atoms with Gasteiger partial charge in [-0.2, -0.15) is 0 Å². The number of thiol groups is 1. The van der Waals surface area contributed by atoms with E-state index in [1.807, 2.05) is 12.1 Å². The zero-order valence-corrected chi connectivity index (χ0v) is 7.68. The first kappa shape index (κ1) is 7.62. The predicted octanol–water partition coefficient (Wildman–Crippen LogP) is 2.83. The highest BCUT2D eigenvalue weighted by Gasteiger charge is 1.99. The van der Waals surface area contributed by atoms with Crippen LogP contribution < -0.4 is 0 Å². The molecule has 0 atom stereocenters. The summed E-state index contributed by atoms with van der Waals surface area (Å²) in [4.78, 5) is 5.21. The third-order valence-electron chi connectivity index (χ3n) is 1.97. The first-order valence-electron chi connectivity index (χ1n) is 3.82. The topological polar surface area (TPSA) is 12.9 Å². The van der Waals surface area contributed by atoms with E-state index >= 15 is 0 Å². The van der Waals surface area contributed by atoms with Crippen LogP contribution in [0.2, 0.25) is 0 Å². The molecule has 1 aromatic heterocycles. The average Bonchev–Trinajstić information content (AvgIpc) is 2.12. The summed E-state index contributed by atoms with van der Waals surface area (Å²) in [5, 5.41) is 1.19. The van der Waals surface area contributed by atoms with Gasteiger partial charge in [-0.3, -0.25) is 4.98 Å². The molecule has 0 aliphatic rings. The van der Waals surface area contributed by atoms with Crippen molar-refractivity contribution < 1.29 is 0 Å². The second-order valence-electron chi connectivity index (χ2n) is 2.80. The lowest BCUT2D eigenvalue weighted by molar-refractivity contribution is 1.33. The number of benzene rings is 1. The third-order valence-corrected chi connectivity index (χ3v) is 2.33. The molecule has 2 heteroatoms. The van der Waals surface area contributed by atoms with Gasteiger partial charge in [0.05, 0.1) is 5.52 Å². The van der Waals surface area contributed by atoms with E-state index in [4.69, 9.17) is 0 Å². The average molecular weight is 175 g/mol. The van der Waals surface area contributed by atoms with Crippen LogP contribution in [0.3, 0.4) is 0 Å². The minimum absolute atomic E-state index is 0.941. The molecule has 0 spiro atoms. The van der Waals surface area contributed by atoms with E-state index in [1.165, 1.54) is 10.9 Å². The predicted molar refractivity (Wildman–Crippen MR) is 53.7 cm³/mol. The summed E-state index contributed by atoms with van der Waals surface area (Å²) in [5.41, 5.74) is 2.23. The molecule has 12 heavy (non-hydrogen) atoms. The second kappa shape index (κ2) is 2.79. The van der Waals surface area contributed by atoms with Crippen LogP contribution in [-0.4, -0.2) is 4.98 Å². The van der Waals surface area contributed by atoms with Crippen molar-refractivity contribution >= 4 is 23.5 Å². The standard InChI is InChI=1S/C10H9NS/c1-7-4-5-9(12)10-8(7)3-2-6-11-10/h2-6,12H,1H3. The molecule has 2 rings (SSSR count). The van der Waals surface area contributed by atoms with Crippen molar-refractivity contribution in [2.75, 3.05) is 0 Å². The summed E-state index contributed by atoms with van der Waals surface area (Å²) in [7, 11) is 0. The molecule has 2 aromatic rings. The molecule has 0 aliphatic carbocycles. The molecule has 0 saturated heterocycles. The van der Waals surface area contributed by atoms with Gasteiger partial charge in [0.15, 0.2) is 0 Å². The lowest BCUT2D eigenvalue weighted by Gasteiger charge is -2.02. The molecular weight excluding hydrogens is 166 g/mol. The van der Waals surface area contributed by atoms with Crippen molar-refractivity contribution in [1.82, 2.24) is 4.98 Å². The van der Waals surface area contributed by atoms with Crippen LogP contribution in [0.1, 0.15) is 5.56 Å². The molecule has 0 amide bonds. The Labute approximate surface area is 76.9 Å². The summed E-state index contributed by atoms with van der Waals surface area (Å²) in [6.45, 7) is 2.08. The van der Waals surface area contributed by atoms with Crippen LogP contribution in [0, 0.1) is 6.92 Å². The van der Waals surface area contributed by atoms with Gasteiger partial charge in [-0.05, 0) is 24.6 Å². The van der Waals surface area contributed by atoms with Crippen molar-refractivity contribution in [2.45, 2.75) is 11.8 Å². The summed E-state index contributed by atoms with van der Waals surface area (Å²) in [6.07, 6.45) is 1.79. The molecule has 1 aromatic carbocycles. The molecule has 0 saturated carbocycles. The van der Waals surface area contributed by atoms with Crippen molar-refractivity contribution in [1.29, 1.82) is 0 Å². The quantitative estimate of drug-likeness (QED) is 0.607. The van der Waals surface area contributed by atoms with E-state index in [9.17, 15) is 0 Å². The molecule has 0 unspecified atom stereocenters. The molecule has 0 fully saturated rings. The van der Waals surface area contributed by atoms with E-state index in [0.29, 0.717) is 0 Å². The third kappa shape index (κ3) is 1.08. The van der Waals surface area contributed by atoms with Crippen LogP contribution in [0.15, 0.2) is 35.4 Å². The van der Waals surface area contributed by atoms with Crippen molar-refractivity contribution in [3.8, 4) is 0 Å². The fraction of sp³-hybridized carbons (Fsp3) is 0.100. The maximum Gasteiger partial charge on any atom is 0.0837 e. The number of aryl methyl sites for hydroxylation is 1. The maximum atomic E-state index is 4.34. The highest BCUT2D eigenvalue weighted by Crippen LogP contribution is 2.22. The van der Waals surface area contributed by atoms with Gasteiger partial charge in [0.2, 0.25) is 0 Å². The fourth-order valence-corrected chi connectivity index (χ4v) is 1.55. The van der Waals surface area contributed by atoms with Gasteiger partial charge >= 0.3 is 0 Å². The van der Waals surface area contributed by atoms with Gasteiger partial charge in [-0.1, -0.05) is 12.1 Å². The number of hydrogen-bond acceptors (Lipinski definition) is 2. The fourth-order valence-electron chi connectivity index (χ4n) is 1.30. The Balaban J connectivity index is 2.95. The molecular formula is C10H9NS. The van der Waals surface area contributed by atoms with E-state index in [1.54, 1.807) is 6.20 Å². The first-order chi connectivity index (χ1) is 5.79. The smallest absolute Gasteiger partial charge is 0.0837 e. The molecule has 0 N–H and O–H groups in total. The first-order valence-corrected chi connectivity index (χ1v) is 4.27. The summed E-state index contributed by atoms with van der Waals surface area (Å²) < 4.78 is 0. The van der Waals surface area contributed by atoms with Crippen LogP contribution in [-0.2, 0) is 0 Å². The molecule has 1 heterocycles. The van der Waals surface area contributed by atoms with E-state index in [-0.39, 0.29) is 0 Å². The van der Waals surface area contributed by atoms with Gasteiger partial charge in [-0.25, -0.2) is 0 Å². The molecule has 60 valence electrons. The summed E-state index contributed by atoms with van der Waals surface area (Å²) in [6, 6.07) is 8.06. The maximum absolute atomic E-state index is 4.34. The minimum Gasteiger partial charge on any atom is -0.255 e. The number of rotatable bonds is 0.